The molecule has 0 spiro atoms. The molecular formula is C12H25O. The molecule has 0 aromatic heterocycles. The average molecular weight is 185 g/mol. The van der Waals surface area contributed by atoms with Crippen LogP contribution in [0.15, 0.2) is 0 Å². The van der Waals surface area contributed by atoms with Crippen molar-refractivity contribution in [3.05, 3.63) is 6.61 Å². The molecule has 79 valence electrons. The van der Waals surface area contributed by atoms with Crippen LogP contribution in [0.1, 0.15) is 59.3 Å². The second-order valence-corrected chi connectivity index (χ2v) is 3.72. The van der Waals surface area contributed by atoms with Gasteiger partial charge in [0.25, 0.3) is 0 Å². The van der Waals surface area contributed by atoms with Gasteiger partial charge in [-0.25, -0.2) is 0 Å². The van der Waals surface area contributed by atoms with E-state index in [1.165, 1.54) is 38.5 Å². The van der Waals surface area contributed by atoms with Gasteiger partial charge in [0, 0.05) is 6.61 Å². The molecule has 1 radical (unpaired) electrons. The topological polar surface area (TPSA) is 9.23 Å². The average Bonchev–Trinajstić information content (AvgIpc) is 2.14. The van der Waals surface area contributed by atoms with Crippen molar-refractivity contribution in [2.24, 2.45) is 5.92 Å². The summed E-state index contributed by atoms with van der Waals surface area (Å²) in [5, 5.41) is 0. The zero-order valence-corrected chi connectivity index (χ0v) is 9.51. The van der Waals surface area contributed by atoms with E-state index < -0.39 is 0 Å². The van der Waals surface area contributed by atoms with Crippen LogP contribution in [0.5, 0.6) is 0 Å². The first-order chi connectivity index (χ1) is 6.35. The summed E-state index contributed by atoms with van der Waals surface area (Å²) < 4.78 is 5.35. The van der Waals surface area contributed by atoms with E-state index in [4.69, 9.17) is 4.74 Å². The summed E-state index contributed by atoms with van der Waals surface area (Å²) in [5.74, 6) is 0.785. The fourth-order valence-corrected chi connectivity index (χ4v) is 1.63. The summed E-state index contributed by atoms with van der Waals surface area (Å²) in [6.07, 6.45) is 8.00. The van der Waals surface area contributed by atoms with Gasteiger partial charge in [0.1, 0.15) is 0 Å². The lowest BCUT2D eigenvalue weighted by Gasteiger charge is -2.15. The molecule has 0 amide bonds. The maximum Gasteiger partial charge on any atom is 0.0806 e. The zero-order chi connectivity index (χ0) is 9.94. The fraction of sp³-hybridized carbons (Fsp3) is 0.917. The van der Waals surface area contributed by atoms with Crippen molar-refractivity contribution in [3.8, 4) is 0 Å². The number of hydrogen-bond acceptors (Lipinski definition) is 1. The standard InChI is InChI=1S/C12H25O/c1-4-7-8-10-12(9-5-2)11-13-6-3/h6,12H,4-5,7-11H2,1-3H3. The van der Waals surface area contributed by atoms with Gasteiger partial charge in [-0.3, -0.25) is 0 Å². The molecule has 0 fully saturated rings. The SMILES string of the molecule is C[CH]OCC(CCC)CCCCC. The maximum atomic E-state index is 5.35. The predicted molar refractivity (Wildman–Crippen MR) is 58.5 cm³/mol. The van der Waals surface area contributed by atoms with E-state index in [-0.39, 0.29) is 0 Å². The smallest absolute Gasteiger partial charge is 0.0806 e. The molecule has 0 N–H and O–H groups in total. The van der Waals surface area contributed by atoms with Crippen LogP contribution in [0.2, 0.25) is 0 Å². The molecule has 0 aliphatic heterocycles. The second-order valence-electron chi connectivity index (χ2n) is 3.72. The third-order valence-electron chi connectivity index (χ3n) is 2.41. The lowest BCUT2D eigenvalue weighted by Crippen LogP contribution is -2.08. The van der Waals surface area contributed by atoms with Crippen molar-refractivity contribution >= 4 is 0 Å². The van der Waals surface area contributed by atoms with Gasteiger partial charge < -0.3 is 4.74 Å². The first-order valence-electron chi connectivity index (χ1n) is 5.74. The second kappa shape index (κ2) is 10.0. The highest BCUT2D eigenvalue weighted by Crippen LogP contribution is 2.16. The van der Waals surface area contributed by atoms with E-state index in [2.05, 4.69) is 13.8 Å². The van der Waals surface area contributed by atoms with Crippen molar-refractivity contribution in [2.75, 3.05) is 6.61 Å². The third-order valence-corrected chi connectivity index (χ3v) is 2.41. The normalized spacial score (nSPS) is 13.2. The van der Waals surface area contributed by atoms with Gasteiger partial charge in [-0.2, -0.15) is 0 Å². The first-order valence-corrected chi connectivity index (χ1v) is 5.74. The van der Waals surface area contributed by atoms with E-state index >= 15 is 0 Å². The number of hydrogen-bond donors (Lipinski definition) is 0. The summed E-state index contributed by atoms with van der Waals surface area (Å²) in [6, 6.07) is 0. The largest absolute Gasteiger partial charge is 0.376 e. The van der Waals surface area contributed by atoms with Gasteiger partial charge in [0.15, 0.2) is 0 Å². The van der Waals surface area contributed by atoms with Crippen molar-refractivity contribution in [2.45, 2.75) is 59.3 Å². The molecule has 0 rings (SSSR count). The first kappa shape index (κ1) is 13.0. The van der Waals surface area contributed by atoms with Crippen LogP contribution >= 0.6 is 0 Å². The molecule has 0 aliphatic rings. The Morgan fingerprint density at radius 2 is 1.85 bits per heavy atom. The van der Waals surface area contributed by atoms with Gasteiger partial charge in [0.2, 0.25) is 0 Å². The molecule has 0 saturated heterocycles. The summed E-state index contributed by atoms with van der Waals surface area (Å²) in [6.45, 7) is 9.19. The summed E-state index contributed by atoms with van der Waals surface area (Å²) in [5.41, 5.74) is 0. The molecule has 1 nitrogen and oxygen atoms in total. The highest BCUT2D eigenvalue weighted by molar-refractivity contribution is 4.59. The minimum atomic E-state index is 0.785. The van der Waals surface area contributed by atoms with Crippen molar-refractivity contribution in [1.29, 1.82) is 0 Å². The van der Waals surface area contributed by atoms with Crippen molar-refractivity contribution in [1.82, 2.24) is 0 Å². The molecule has 0 aliphatic carbocycles. The molecule has 0 aromatic rings. The highest BCUT2D eigenvalue weighted by atomic mass is 16.5. The van der Waals surface area contributed by atoms with Crippen LogP contribution in [0.3, 0.4) is 0 Å². The fourth-order valence-electron chi connectivity index (χ4n) is 1.63. The Morgan fingerprint density at radius 3 is 2.38 bits per heavy atom. The quantitative estimate of drug-likeness (QED) is 0.490. The van der Waals surface area contributed by atoms with E-state index in [0.29, 0.717) is 0 Å². The summed E-state index contributed by atoms with van der Waals surface area (Å²) in [4.78, 5) is 0. The molecule has 0 saturated carbocycles. The lowest BCUT2D eigenvalue weighted by molar-refractivity contribution is 0.146. The van der Waals surface area contributed by atoms with Crippen LogP contribution in [-0.4, -0.2) is 6.61 Å². The van der Waals surface area contributed by atoms with Gasteiger partial charge in [-0.1, -0.05) is 39.5 Å². The minimum Gasteiger partial charge on any atom is -0.376 e. The monoisotopic (exact) mass is 185 g/mol. The highest BCUT2D eigenvalue weighted by Gasteiger charge is 2.06. The Hall–Kier alpha value is -0.0400. The lowest BCUT2D eigenvalue weighted by atomic mass is 9.97. The molecule has 1 heteroatoms. The van der Waals surface area contributed by atoms with E-state index in [1.54, 1.807) is 0 Å². The molecule has 1 unspecified atom stereocenters. The van der Waals surface area contributed by atoms with Gasteiger partial charge in [0.05, 0.1) is 6.61 Å². The number of rotatable bonds is 9. The molecule has 0 bridgehead atoms. The predicted octanol–water partition coefficient (Wildman–Crippen LogP) is 4.18. The Morgan fingerprint density at radius 1 is 1.08 bits per heavy atom. The van der Waals surface area contributed by atoms with Crippen molar-refractivity contribution in [3.63, 3.8) is 0 Å². The molecule has 1 atom stereocenters. The summed E-state index contributed by atoms with van der Waals surface area (Å²) in [7, 11) is 0. The van der Waals surface area contributed by atoms with Gasteiger partial charge >= 0.3 is 0 Å². The maximum absolute atomic E-state index is 5.35. The van der Waals surface area contributed by atoms with Crippen LogP contribution in [0.4, 0.5) is 0 Å². The number of unbranched alkanes of at least 4 members (excludes halogenated alkanes) is 2. The van der Waals surface area contributed by atoms with Gasteiger partial charge in [-0.15, -0.1) is 0 Å². The van der Waals surface area contributed by atoms with Crippen LogP contribution < -0.4 is 0 Å². The number of ether oxygens (including phenoxy) is 1. The Labute approximate surface area is 83.9 Å². The molecule has 0 aromatic carbocycles. The minimum absolute atomic E-state index is 0.785. The van der Waals surface area contributed by atoms with Crippen LogP contribution in [0.25, 0.3) is 0 Å². The molecular weight excluding hydrogens is 160 g/mol. The molecule has 13 heavy (non-hydrogen) atoms. The third kappa shape index (κ3) is 8.29. The Bertz CT molecular complexity index is 91.1. The van der Waals surface area contributed by atoms with E-state index in [0.717, 1.165) is 12.5 Å². The van der Waals surface area contributed by atoms with E-state index in [1.807, 2.05) is 13.5 Å². The van der Waals surface area contributed by atoms with Crippen LogP contribution in [-0.2, 0) is 4.74 Å². The molecule has 0 heterocycles. The van der Waals surface area contributed by atoms with Crippen LogP contribution in [0, 0.1) is 12.5 Å². The Balaban J connectivity index is 3.41. The van der Waals surface area contributed by atoms with E-state index in [9.17, 15) is 0 Å². The summed E-state index contributed by atoms with van der Waals surface area (Å²) >= 11 is 0. The van der Waals surface area contributed by atoms with Gasteiger partial charge in [-0.05, 0) is 25.7 Å². The van der Waals surface area contributed by atoms with Crippen molar-refractivity contribution < 1.29 is 4.74 Å². The Kier molecular flexibility index (Phi) is 10.0. The zero-order valence-electron chi connectivity index (χ0n) is 9.51.